The average molecular weight is 343 g/mol. The first-order valence-corrected chi connectivity index (χ1v) is 9.29. The zero-order valence-electron chi connectivity index (χ0n) is 13.9. The largest absolute Gasteiger partial charge is 0.351 e. The van der Waals surface area contributed by atoms with Gasteiger partial charge in [0, 0.05) is 44.8 Å². The van der Waals surface area contributed by atoms with E-state index < -0.39 is 0 Å². The Bertz CT molecular complexity index is 789. The molecule has 0 aromatic carbocycles. The van der Waals surface area contributed by atoms with Crippen LogP contribution in [-0.4, -0.2) is 63.9 Å². The average Bonchev–Trinajstić information content (AvgIpc) is 3.07. The van der Waals surface area contributed by atoms with Gasteiger partial charge < -0.3 is 15.1 Å². The molecule has 7 nitrogen and oxygen atoms in total. The molecule has 24 heavy (non-hydrogen) atoms. The summed E-state index contributed by atoms with van der Waals surface area (Å²) in [7, 11) is 2.16. The highest BCUT2D eigenvalue weighted by atomic mass is 32.2. The number of rotatable bonds is 2. The Labute approximate surface area is 145 Å². The molecule has 1 fully saturated rings. The van der Waals surface area contributed by atoms with Crippen LogP contribution >= 0.6 is 11.8 Å². The number of aromatic nitrogens is 3. The van der Waals surface area contributed by atoms with Gasteiger partial charge in [-0.05, 0) is 19.4 Å². The Morgan fingerprint density at radius 2 is 2.04 bits per heavy atom. The molecule has 2 aromatic rings. The van der Waals surface area contributed by atoms with Gasteiger partial charge in [-0.1, -0.05) is 11.8 Å². The Morgan fingerprint density at radius 1 is 1.21 bits per heavy atom. The van der Waals surface area contributed by atoms with E-state index in [9.17, 15) is 0 Å². The molecule has 0 spiro atoms. The SMILES string of the molecule is CSC1=NC(c2cnc3c(N4CCN(C)CC4)nccn23)C=CN1. The van der Waals surface area contributed by atoms with Gasteiger partial charge in [0.15, 0.2) is 16.6 Å². The van der Waals surface area contributed by atoms with Gasteiger partial charge in [-0.3, -0.25) is 4.40 Å². The first-order valence-electron chi connectivity index (χ1n) is 8.06. The molecule has 4 rings (SSSR count). The van der Waals surface area contributed by atoms with Gasteiger partial charge in [-0.25, -0.2) is 15.0 Å². The van der Waals surface area contributed by atoms with Crippen molar-refractivity contribution in [2.45, 2.75) is 6.04 Å². The van der Waals surface area contributed by atoms with Crippen molar-refractivity contribution in [2.24, 2.45) is 4.99 Å². The van der Waals surface area contributed by atoms with E-state index in [-0.39, 0.29) is 6.04 Å². The second-order valence-corrected chi connectivity index (χ2v) is 6.80. The van der Waals surface area contributed by atoms with Crippen molar-refractivity contribution in [3.63, 3.8) is 0 Å². The van der Waals surface area contributed by atoms with E-state index in [0.29, 0.717) is 0 Å². The third-order valence-electron chi connectivity index (χ3n) is 4.48. The molecule has 2 aliphatic heterocycles. The van der Waals surface area contributed by atoms with Crippen LogP contribution in [-0.2, 0) is 0 Å². The topological polar surface area (TPSA) is 61.1 Å². The standard InChI is InChI=1S/C16H21N7S/c1-21-7-9-22(10-8-21)14-15-19-11-13(23(15)6-5-17-14)12-3-4-18-16(20-12)24-2/h3-6,11-12H,7-10H2,1-2H3,(H,18,20). The molecule has 0 bridgehead atoms. The zero-order valence-corrected chi connectivity index (χ0v) is 14.7. The molecule has 0 amide bonds. The summed E-state index contributed by atoms with van der Waals surface area (Å²) in [4.78, 5) is 18.6. The second-order valence-electron chi connectivity index (χ2n) is 6.00. The summed E-state index contributed by atoms with van der Waals surface area (Å²) in [6, 6.07) is -0.0218. The monoisotopic (exact) mass is 343 g/mol. The van der Waals surface area contributed by atoms with Crippen LogP contribution in [0.5, 0.6) is 0 Å². The summed E-state index contributed by atoms with van der Waals surface area (Å²) >= 11 is 1.61. The lowest BCUT2D eigenvalue weighted by atomic mass is 10.2. The number of nitrogens with one attached hydrogen (secondary N) is 1. The van der Waals surface area contributed by atoms with Gasteiger partial charge in [0.1, 0.15) is 6.04 Å². The Balaban J connectivity index is 1.70. The van der Waals surface area contributed by atoms with E-state index >= 15 is 0 Å². The second kappa shape index (κ2) is 6.45. The molecule has 1 atom stereocenters. The predicted octanol–water partition coefficient (Wildman–Crippen LogP) is 1.36. The van der Waals surface area contributed by atoms with Crippen LogP contribution < -0.4 is 10.2 Å². The lowest BCUT2D eigenvalue weighted by molar-refractivity contribution is 0.312. The molecule has 2 aliphatic rings. The van der Waals surface area contributed by atoms with Crippen LogP contribution in [0.2, 0.25) is 0 Å². The van der Waals surface area contributed by atoms with E-state index in [4.69, 9.17) is 4.99 Å². The maximum Gasteiger partial charge on any atom is 0.180 e. The molecule has 0 radical (unpaired) electrons. The summed E-state index contributed by atoms with van der Waals surface area (Å²) in [5, 5.41) is 4.08. The lowest BCUT2D eigenvalue weighted by Crippen LogP contribution is -2.45. The molecule has 4 heterocycles. The van der Waals surface area contributed by atoms with Crippen LogP contribution in [0.25, 0.3) is 5.65 Å². The first-order chi connectivity index (χ1) is 11.8. The number of hydrogen-bond acceptors (Lipinski definition) is 7. The molecule has 2 aromatic heterocycles. The van der Waals surface area contributed by atoms with Crippen molar-refractivity contribution in [3.05, 3.63) is 36.6 Å². The van der Waals surface area contributed by atoms with Crippen LogP contribution in [0, 0.1) is 0 Å². The predicted molar refractivity (Wildman–Crippen MR) is 98.7 cm³/mol. The summed E-state index contributed by atoms with van der Waals surface area (Å²) in [6.45, 7) is 4.06. The number of piperazine rings is 1. The van der Waals surface area contributed by atoms with Crippen LogP contribution in [0.4, 0.5) is 5.82 Å². The number of nitrogens with zero attached hydrogens (tertiary/aromatic N) is 6. The van der Waals surface area contributed by atoms with Gasteiger partial charge >= 0.3 is 0 Å². The highest BCUT2D eigenvalue weighted by Gasteiger charge is 2.21. The molecule has 1 unspecified atom stereocenters. The first kappa shape index (κ1) is 15.5. The minimum Gasteiger partial charge on any atom is -0.351 e. The van der Waals surface area contributed by atoms with Gasteiger partial charge in [0.05, 0.1) is 11.9 Å². The summed E-state index contributed by atoms with van der Waals surface area (Å²) in [6.07, 6.45) is 11.8. The number of likely N-dealkylation sites (N-methyl/N-ethyl adjacent to an activating group) is 1. The Hall–Kier alpha value is -2.06. The van der Waals surface area contributed by atoms with Gasteiger partial charge in [0.25, 0.3) is 0 Å². The number of thioether (sulfide) groups is 1. The molecule has 1 N–H and O–H groups in total. The third-order valence-corrected chi connectivity index (χ3v) is 5.09. The minimum absolute atomic E-state index is 0.0218. The van der Waals surface area contributed by atoms with Crippen LogP contribution in [0.1, 0.15) is 11.7 Å². The molecule has 126 valence electrons. The van der Waals surface area contributed by atoms with Crippen molar-refractivity contribution >= 4 is 28.4 Å². The van der Waals surface area contributed by atoms with E-state index in [2.05, 4.69) is 42.6 Å². The number of amidine groups is 1. The summed E-state index contributed by atoms with van der Waals surface area (Å²) in [5.41, 5.74) is 1.97. The normalized spacial score (nSPS) is 21.8. The molecule has 1 saturated heterocycles. The highest BCUT2D eigenvalue weighted by Crippen LogP contribution is 2.26. The van der Waals surface area contributed by atoms with Crippen molar-refractivity contribution in [1.29, 1.82) is 0 Å². The molecule has 8 heteroatoms. The zero-order chi connectivity index (χ0) is 16.5. The molecule has 0 aliphatic carbocycles. The lowest BCUT2D eigenvalue weighted by Gasteiger charge is -2.33. The highest BCUT2D eigenvalue weighted by molar-refractivity contribution is 8.13. The van der Waals surface area contributed by atoms with E-state index in [1.165, 1.54) is 0 Å². The number of imidazole rings is 1. The molecule has 0 saturated carbocycles. The maximum absolute atomic E-state index is 4.73. The van der Waals surface area contributed by atoms with Crippen molar-refractivity contribution in [3.8, 4) is 0 Å². The number of aliphatic imine (C=N–C) groups is 1. The van der Waals surface area contributed by atoms with E-state index in [0.717, 1.165) is 48.5 Å². The fraction of sp³-hybridized carbons (Fsp3) is 0.438. The van der Waals surface area contributed by atoms with Gasteiger partial charge in [0.2, 0.25) is 0 Å². The van der Waals surface area contributed by atoms with E-state index in [1.54, 1.807) is 11.8 Å². The summed E-state index contributed by atoms with van der Waals surface area (Å²) in [5.74, 6) is 0.962. The maximum atomic E-state index is 4.73. The van der Waals surface area contributed by atoms with Crippen molar-refractivity contribution in [1.82, 2.24) is 24.6 Å². The number of fused-ring (bicyclic) bond motifs is 1. The third kappa shape index (κ3) is 2.76. The van der Waals surface area contributed by atoms with Crippen LogP contribution in [0.15, 0.2) is 35.9 Å². The Morgan fingerprint density at radius 3 is 2.83 bits per heavy atom. The fourth-order valence-corrected chi connectivity index (χ4v) is 3.48. The molecular formula is C16H21N7S. The quantitative estimate of drug-likeness (QED) is 0.888. The van der Waals surface area contributed by atoms with Gasteiger partial charge in [-0.2, -0.15) is 0 Å². The number of hydrogen-bond donors (Lipinski definition) is 1. The Kier molecular flexibility index (Phi) is 4.15. The molecular weight excluding hydrogens is 322 g/mol. The minimum atomic E-state index is -0.0218. The number of anilines is 1. The van der Waals surface area contributed by atoms with Gasteiger partial charge in [-0.15, -0.1) is 0 Å². The van der Waals surface area contributed by atoms with Crippen molar-refractivity contribution < 1.29 is 0 Å². The van der Waals surface area contributed by atoms with Crippen molar-refractivity contribution in [2.75, 3.05) is 44.4 Å². The smallest absolute Gasteiger partial charge is 0.180 e. The summed E-state index contributed by atoms with van der Waals surface area (Å²) < 4.78 is 2.11. The van der Waals surface area contributed by atoms with Crippen LogP contribution in [0.3, 0.4) is 0 Å². The van der Waals surface area contributed by atoms with E-state index in [1.807, 2.05) is 31.0 Å². The fourth-order valence-electron chi connectivity index (χ4n) is 3.08.